The molecule has 5 nitrogen and oxygen atoms in total. The van der Waals surface area contributed by atoms with E-state index in [1.807, 2.05) is 30.3 Å². The van der Waals surface area contributed by atoms with Crippen molar-refractivity contribution in [2.45, 2.75) is 29.0 Å². The Kier molecular flexibility index (Phi) is 5.40. The van der Waals surface area contributed by atoms with Gasteiger partial charge in [-0.15, -0.1) is 11.3 Å². The third kappa shape index (κ3) is 4.67. The maximum atomic E-state index is 12.4. The number of carbonyl (C=O) groups excluding carboxylic acids is 2. The zero-order chi connectivity index (χ0) is 18.6. The van der Waals surface area contributed by atoms with Gasteiger partial charge in [-0.1, -0.05) is 42.1 Å². The van der Waals surface area contributed by atoms with Crippen molar-refractivity contribution in [3.8, 4) is 0 Å². The Bertz CT molecular complexity index is 949. The zero-order valence-electron chi connectivity index (χ0n) is 14.5. The number of thioether (sulfide) groups is 1. The predicted octanol–water partition coefficient (Wildman–Crippen LogP) is 4.02. The SMILES string of the molecule is O=C(COC(=O)c1ccccc1CSc1nc2ccccc2s1)NC1CC1. The van der Waals surface area contributed by atoms with Crippen LogP contribution in [-0.4, -0.2) is 29.5 Å². The number of rotatable bonds is 7. The monoisotopic (exact) mass is 398 g/mol. The fourth-order valence-corrected chi connectivity index (χ4v) is 4.68. The number of fused-ring (bicyclic) bond motifs is 1. The largest absolute Gasteiger partial charge is 0.452 e. The number of hydrogen-bond acceptors (Lipinski definition) is 6. The fraction of sp³-hybridized carbons (Fsp3) is 0.250. The van der Waals surface area contributed by atoms with E-state index >= 15 is 0 Å². The molecule has 1 aromatic heterocycles. The Balaban J connectivity index is 1.39. The summed E-state index contributed by atoms with van der Waals surface area (Å²) in [6, 6.07) is 15.6. The molecule has 0 spiro atoms. The normalized spacial score (nSPS) is 13.5. The van der Waals surface area contributed by atoms with E-state index in [-0.39, 0.29) is 18.6 Å². The summed E-state index contributed by atoms with van der Waals surface area (Å²) >= 11 is 3.23. The van der Waals surface area contributed by atoms with Crippen molar-refractivity contribution in [1.82, 2.24) is 10.3 Å². The maximum Gasteiger partial charge on any atom is 0.338 e. The Labute approximate surface area is 165 Å². The molecule has 7 heteroatoms. The number of benzene rings is 2. The van der Waals surface area contributed by atoms with Crippen LogP contribution < -0.4 is 5.32 Å². The highest BCUT2D eigenvalue weighted by atomic mass is 32.2. The lowest BCUT2D eigenvalue weighted by Gasteiger charge is -2.09. The Hall–Kier alpha value is -2.38. The summed E-state index contributed by atoms with van der Waals surface area (Å²) in [6.07, 6.45) is 2.01. The molecule has 1 heterocycles. The van der Waals surface area contributed by atoms with Gasteiger partial charge in [-0.3, -0.25) is 4.79 Å². The van der Waals surface area contributed by atoms with Gasteiger partial charge in [-0.05, 0) is 36.6 Å². The minimum atomic E-state index is -0.471. The molecule has 0 aliphatic heterocycles. The Morgan fingerprint density at radius 1 is 1.15 bits per heavy atom. The molecule has 3 aromatic rings. The van der Waals surface area contributed by atoms with Gasteiger partial charge in [-0.2, -0.15) is 0 Å². The second-order valence-corrected chi connectivity index (χ2v) is 8.56. The standard InChI is InChI=1S/C20H18N2O3S2/c23-18(21-14-9-10-14)11-25-19(24)15-6-2-1-5-13(15)12-26-20-22-16-7-3-4-8-17(16)27-20/h1-8,14H,9-12H2,(H,21,23). The van der Waals surface area contributed by atoms with Crippen LogP contribution in [0.15, 0.2) is 52.9 Å². The molecule has 138 valence electrons. The van der Waals surface area contributed by atoms with Crippen molar-refractivity contribution in [1.29, 1.82) is 0 Å². The van der Waals surface area contributed by atoms with E-state index in [4.69, 9.17) is 4.74 Å². The molecule has 0 saturated heterocycles. The summed E-state index contributed by atoms with van der Waals surface area (Å²) in [7, 11) is 0. The van der Waals surface area contributed by atoms with Crippen LogP contribution >= 0.6 is 23.1 Å². The summed E-state index contributed by atoms with van der Waals surface area (Å²) in [5, 5.41) is 2.81. The van der Waals surface area contributed by atoms with E-state index in [9.17, 15) is 9.59 Å². The van der Waals surface area contributed by atoms with Crippen molar-refractivity contribution >= 4 is 45.2 Å². The highest BCUT2D eigenvalue weighted by molar-refractivity contribution is 8.00. The highest BCUT2D eigenvalue weighted by Gasteiger charge is 2.24. The number of para-hydroxylation sites is 1. The summed E-state index contributed by atoms with van der Waals surface area (Å²) in [4.78, 5) is 28.7. The van der Waals surface area contributed by atoms with Gasteiger partial charge in [0.1, 0.15) is 0 Å². The van der Waals surface area contributed by atoms with Gasteiger partial charge in [0.2, 0.25) is 0 Å². The van der Waals surface area contributed by atoms with Gasteiger partial charge in [0.05, 0.1) is 15.8 Å². The number of amides is 1. The van der Waals surface area contributed by atoms with E-state index in [0.29, 0.717) is 11.3 Å². The zero-order valence-corrected chi connectivity index (χ0v) is 16.1. The molecule has 1 aliphatic carbocycles. The van der Waals surface area contributed by atoms with Crippen LogP contribution in [-0.2, 0) is 15.3 Å². The summed E-state index contributed by atoms with van der Waals surface area (Å²) < 4.78 is 7.29. The lowest BCUT2D eigenvalue weighted by molar-refractivity contribution is -0.124. The van der Waals surface area contributed by atoms with Crippen LogP contribution in [0.1, 0.15) is 28.8 Å². The van der Waals surface area contributed by atoms with Crippen molar-refractivity contribution < 1.29 is 14.3 Å². The first kappa shape index (κ1) is 18.0. The van der Waals surface area contributed by atoms with Crippen LogP contribution in [0.3, 0.4) is 0 Å². The molecular weight excluding hydrogens is 380 g/mol. The quantitative estimate of drug-likeness (QED) is 0.481. The highest BCUT2D eigenvalue weighted by Crippen LogP contribution is 2.32. The number of carbonyl (C=O) groups is 2. The van der Waals surface area contributed by atoms with E-state index in [2.05, 4.69) is 16.4 Å². The number of nitrogens with zero attached hydrogens (tertiary/aromatic N) is 1. The molecular formula is C20H18N2O3S2. The average Bonchev–Trinajstić information content (AvgIpc) is 3.40. The van der Waals surface area contributed by atoms with Gasteiger partial charge in [0, 0.05) is 11.8 Å². The molecule has 2 aromatic carbocycles. The summed E-state index contributed by atoms with van der Waals surface area (Å²) in [6.45, 7) is -0.241. The van der Waals surface area contributed by atoms with E-state index in [1.165, 1.54) is 0 Å². The number of nitrogens with one attached hydrogen (secondary N) is 1. The lowest BCUT2D eigenvalue weighted by Crippen LogP contribution is -2.30. The van der Waals surface area contributed by atoms with Gasteiger partial charge < -0.3 is 10.1 Å². The average molecular weight is 399 g/mol. The van der Waals surface area contributed by atoms with Crippen molar-refractivity contribution in [3.63, 3.8) is 0 Å². The maximum absolute atomic E-state index is 12.4. The molecule has 1 aliphatic rings. The molecule has 1 amide bonds. The second-order valence-electron chi connectivity index (χ2n) is 6.31. The van der Waals surface area contributed by atoms with Crippen molar-refractivity contribution in [2.75, 3.05) is 6.61 Å². The first-order valence-corrected chi connectivity index (χ1v) is 10.5. The number of aromatic nitrogens is 1. The predicted molar refractivity (Wildman–Crippen MR) is 107 cm³/mol. The molecule has 1 saturated carbocycles. The second kappa shape index (κ2) is 8.10. The third-order valence-corrected chi connectivity index (χ3v) is 6.37. The molecule has 1 N–H and O–H groups in total. The number of hydrogen-bond donors (Lipinski definition) is 1. The molecule has 0 radical (unpaired) electrons. The van der Waals surface area contributed by atoms with Crippen LogP contribution in [0, 0.1) is 0 Å². The number of thiazole rings is 1. The van der Waals surface area contributed by atoms with E-state index in [0.717, 1.165) is 33.0 Å². The Morgan fingerprint density at radius 2 is 1.93 bits per heavy atom. The summed E-state index contributed by atoms with van der Waals surface area (Å²) in [5.41, 5.74) is 2.35. The molecule has 0 unspecified atom stereocenters. The van der Waals surface area contributed by atoms with Gasteiger partial charge in [0.25, 0.3) is 5.91 Å². The van der Waals surface area contributed by atoms with Gasteiger partial charge in [0.15, 0.2) is 10.9 Å². The molecule has 0 bridgehead atoms. The topological polar surface area (TPSA) is 68.3 Å². The minimum absolute atomic E-state index is 0.241. The summed E-state index contributed by atoms with van der Waals surface area (Å²) in [5.74, 6) is -0.104. The third-order valence-electron chi connectivity index (χ3n) is 4.14. The van der Waals surface area contributed by atoms with Gasteiger partial charge >= 0.3 is 5.97 Å². The van der Waals surface area contributed by atoms with E-state index < -0.39 is 5.97 Å². The van der Waals surface area contributed by atoms with Gasteiger partial charge in [-0.25, -0.2) is 9.78 Å². The fourth-order valence-electron chi connectivity index (χ4n) is 2.60. The van der Waals surface area contributed by atoms with E-state index in [1.54, 1.807) is 35.2 Å². The Morgan fingerprint density at radius 3 is 2.74 bits per heavy atom. The van der Waals surface area contributed by atoms with Crippen LogP contribution in [0.25, 0.3) is 10.2 Å². The molecule has 4 rings (SSSR count). The first-order valence-electron chi connectivity index (χ1n) is 8.72. The number of ether oxygens (including phenoxy) is 1. The van der Waals surface area contributed by atoms with Crippen LogP contribution in [0.2, 0.25) is 0 Å². The van der Waals surface area contributed by atoms with Crippen LogP contribution in [0.5, 0.6) is 0 Å². The minimum Gasteiger partial charge on any atom is -0.452 e. The molecule has 0 atom stereocenters. The first-order chi connectivity index (χ1) is 13.2. The van der Waals surface area contributed by atoms with Crippen molar-refractivity contribution in [2.24, 2.45) is 0 Å². The molecule has 27 heavy (non-hydrogen) atoms. The number of esters is 1. The molecule has 1 fully saturated rings. The van der Waals surface area contributed by atoms with Crippen molar-refractivity contribution in [3.05, 3.63) is 59.7 Å². The van der Waals surface area contributed by atoms with Crippen LogP contribution in [0.4, 0.5) is 0 Å². The lowest BCUT2D eigenvalue weighted by atomic mass is 10.1. The smallest absolute Gasteiger partial charge is 0.338 e.